The van der Waals surface area contributed by atoms with E-state index in [4.69, 9.17) is 0 Å². The van der Waals surface area contributed by atoms with Gasteiger partial charge in [0.25, 0.3) is 5.91 Å². The Morgan fingerprint density at radius 1 is 1.06 bits per heavy atom. The van der Waals surface area contributed by atoms with E-state index in [9.17, 15) is 14.4 Å². The molecule has 1 saturated heterocycles. The summed E-state index contributed by atoms with van der Waals surface area (Å²) in [6, 6.07) is 15.2. The zero-order chi connectivity index (χ0) is 22.2. The Morgan fingerprint density at radius 3 is 2.48 bits per heavy atom. The molecule has 2 aliphatic rings. The molecule has 0 aromatic heterocycles. The fourth-order valence-corrected chi connectivity index (χ4v) is 4.47. The number of aryl methyl sites for hydroxylation is 1. The Morgan fingerprint density at radius 2 is 1.77 bits per heavy atom. The van der Waals surface area contributed by atoms with Gasteiger partial charge >= 0.3 is 6.03 Å². The molecule has 2 aromatic rings. The van der Waals surface area contributed by atoms with E-state index < -0.39 is 11.6 Å². The molecule has 0 bridgehead atoms. The number of carbonyl (C=O) groups excluding carboxylic acids is 3. The number of nitrogens with zero attached hydrogens (tertiary/aromatic N) is 3. The van der Waals surface area contributed by atoms with Crippen molar-refractivity contribution in [1.82, 2.24) is 15.1 Å². The average Bonchev–Trinajstić information content (AvgIpc) is 2.99. The first-order valence-corrected chi connectivity index (χ1v) is 10.5. The molecule has 1 aliphatic carbocycles. The number of amides is 4. The maximum Gasteiger partial charge on any atom is 0.325 e. The highest BCUT2D eigenvalue weighted by Crippen LogP contribution is 2.39. The van der Waals surface area contributed by atoms with Crippen LogP contribution in [0.2, 0.25) is 0 Å². The van der Waals surface area contributed by atoms with Gasteiger partial charge in [0.1, 0.15) is 12.1 Å². The fourth-order valence-electron chi connectivity index (χ4n) is 4.47. The van der Waals surface area contributed by atoms with Crippen molar-refractivity contribution in [3.8, 4) is 0 Å². The van der Waals surface area contributed by atoms with Gasteiger partial charge in [-0.1, -0.05) is 36.4 Å². The van der Waals surface area contributed by atoms with Crippen molar-refractivity contribution >= 4 is 23.5 Å². The molecule has 1 N–H and O–H groups in total. The molecule has 31 heavy (non-hydrogen) atoms. The summed E-state index contributed by atoms with van der Waals surface area (Å²) in [4.78, 5) is 43.5. The lowest BCUT2D eigenvalue weighted by molar-refractivity contribution is -0.139. The molecule has 7 nitrogen and oxygen atoms in total. The zero-order valence-electron chi connectivity index (χ0n) is 18.2. The van der Waals surface area contributed by atoms with Crippen LogP contribution in [0.5, 0.6) is 0 Å². The van der Waals surface area contributed by atoms with Crippen LogP contribution in [0.4, 0.5) is 10.5 Å². The average molecular weight is 421 g/mol. The number of nitrogens with one attached hydrogen (secondary N) is 1. The highest BCUT2D eigenvalue weighted by Gasteiger charge is 2.54. The molecule has 1 atom stereocenters. The van der Waals surface area contributed by atoms with E-state index in [1.165, 1.54) is 0 Å². The zero-order valence-corrected chi connectivity index (χ0v) is 18.2. The third-order valence-corrected chi connectivity index (χ3v) is 6.24. The lowest BCUT2D eigenvalue weighted by atomic mass is 9.76. The Kier molecular flexibility index (Phi) is 5.43. The van der Waals surface area contributed by atoms with Crippen LogP contribution in [-0.4, -0.2) is 55.3 Å². The summed E-state index contributed by atoms with van der Waals surface area (Å²) in [6.07, 6.45) is 2.25. The van der Waals surface area contributed by atoms with Gasteiger partial charge in [-0.25, -0.2) is 4.79 Å². The van der Waals surface area contributed by atoms with E-state index in [2.05, 4.69) is 5.32 Å². The van der Waals surface area contributed by atoms with Crippen molar-refractivity contribution in [2.45, 2.75) is 31.3 Å². The van der Waals surface area contributed by atoms with E-state index in [0.29, 0.717) is 13.0 Å². The van der Waals surface area contributed by atoms with E-state index in [0.717, 1.165) is 40.1 Å². The highest BCUT2D eigenvalue weighted by atomic mass is 16.2. The molecule has 7 heteroatoms. The quantitative estimate of drug-likeness (QED) is 0.755. The second-order valence-corrected chi connectivity index (χ2v) is 8.55. The summed E-state index contributed by atoms with van der Waals surface area (Å²) in [5.41, 5.74) is 2.94. The Bertz CT molecular complexity index is 1020. The summed E-state index contributed by atoms with van der Waals surface area (Å²) in [7, 11) is 5.63. The highest BCUT2D eigenvalue weighted by molar-refractivity contribution is 6.09. The maximum absolute atomic E-state index is 13.3. The van der Waals surface area contributed by atoms with Crippen LogP contribution in [0.1, 0.15) is 29.5 Å². The predicted octanol–water partition coefficient (Wildman–Crippen LogP) is 2.49. The van der Waals surface area contributed by atoms with Crippen LogP contribution < -0.4 is 10.2 Å². The second-order valence-electron chi connectivity index (χ2n) is 8.55. The molecule has 1 spiro atoms. The van der Waals surface area contributed by atoms with Gasteiger partial charge < -0.3 is 15.1 Å². The van der Waals surface area contributed by atoms with Crippen molar-refractivity contribution in [3.05, 3.63) is 65.2 Å². The lowest BCUT2D eigenvalue weighted by Gasteiger charge is -2.33. The number of anilines is 1. The van der Waals surface area contributed by atoms with Crippen LogP contribution in [0.25, 0.3) is 0 Å². The van der Waals surface area contributed by atoms with Gasteiger partial charge in [0, 0.05) is 33.4 Å². The molecule has 1 heterocycles. The van der Waals surface area contributed by atoms with Crippen LogP contribution in [0, 0.1) is 0 Å². The van der Waals surface area contributed by atoms with E-state index >= 15 is 0 Å². The number of rotatable bonds is 5. The molecular weight excluding hydrogens is 392 g/mol. The van der Waals surface area contributed by atoms with Crippen molar-refractivity contribution in [2.24, 2.45) is 0 Å². The molecule has 1 aliphatic heterocycles. The first kappa shape index (κ1) is 20.9. The number of imide groups is 1. The minimum atomic E-state index is -1.05. The number of carbonyl (C=O) groups is 3. The van der Waals surface area contributed by atoms with Crippen molar-refractivity contribution in [2.75, 3.05) is 32.6 Å². The van der Waals surface area contributed by atoms with E-state index in [1.54, 1.807) is 11.9 Å². The number of hydrogen-bond acceptors (Lipinski definition) is 4. The minimum Gasteiger partial charge on any atom is -0.378 e. The molecule has 4 amide bonds. The van der Waals surface area contributed by atoms with Gasteiger partial charge in [0.2, 0.25) is 5.91 Å². The minimum absolute atomic E-state index is 0.263. The van der Waals surface area contributed by atoms with Gasteiger partial charge in [-0.2, -0.15) is 0 Å². The number of likely N-dealkylation sites (N-methyl/N-ethyl adjacent to an activating group) is 1. The maximum atomic E-state index is 13.3. The van der Waals surface area contributed by atoms with Gasteiger partial charge in [-0.05, 0) is 48.1 Å². The monoisotopic (exact) mass is 420 g/mol. The molecule has 2 aromatic carbocycles. The van der Waals surface area contributed by atoms with Crippen LogP contribution in [-0.2, 0) is 28.1 Å². The van der Waals surface area contributed by atoms with Crippen LogP contribution in [0.15, 0.2) is 48.5 Å². The fraction of sp³-hybridized carbons (Fsp3) is 0.375. The largest absolute Gasteiger partial charge is 0.378 e. The summed E-state index contributed by atoms with van der Waals surface area (Å²) in [6.45, 7) is 0.144. The summed E-state index contributed by atoms with van der Waals surface area (Å²) in [5, 5.41) is 2.90. The number of benzene rings is 2. The van der Waals surface area contributed by atoms with Crippen LogP contribution >= 0.6 is 0 Å². The molecule has 4 rings (SSSR count). The summed E-state index contributed by atoms with van der Waals surface area (Å²) in [5.74, 6) is -0.608. The molecule has 0 unspecified atom stereocenters. The number of fused-ring (bicyclic) bond motifs is 2. The van der Waals surface area contributed by atoms with E-state index in [1.807, 2.05) is 67.5 Å². The second kappa shape index (κ2) is 8.06. The Labute approximate surface area is 182 Å². The molecular formula is C24H28N4O3. The topological polar surface area (TPSA) is 73.0 Å². The third-order valence-electron chi connectivity index (χ3n) is 6.24. The van der Waals surface area contributed by atoms with Crippen molar-refractivity contribution < 1.29 is 14.4 Å². The van der Waals surface area contributed by atoms with E-state index in [-0.39, 0.29) is 18.4 Å². The van der Waals surface area contributed by atoms with Crippen molar-refractivity contribution in [1.29, 1.82) is 0 Å². The van der Waals surface area contributed by atoms with Crippen molar-refractivity contribution in [3.63, 3.8) is 0 Å². The standard InChI is InChI=1S/C24H28N4O3/c1-26(2)19-12-10-17(11-13-19)15-27(3)21(29)16-28-22(30)24(25-23(28)31)14-6-8-18-7-4-5-9-20(18)24/h4-5,7,9-13H,6,8,14-16H2,1-3H3,(H,25,31)/t24-/m0/s1. The lowest BCUT2D eigenvalue weighted by Crippen LogP contribution is -2.47. The first-order valence-electron chi connectivity index (χ1n) is 10.5. The predicted molar refractivity (Wildman–Crippen MR) is 119 cm³/mol. The third kappa shape index (κ3) is 3.76. The summed E-state index contributed by atoms with van der Waals surface area (Å²) < 4.78 is 0. The van der Waals surface area contributed by atoms with Gasteiger partial charge in [-0.3, -0.25) is 14.5 Å². The molecule has 0 saturated carbocycles. The molecule has 0 radical (unpaired) electrons. The Hall–Kier alpha value is -3.35. The molecule has 162 valence electrons. The van der Waals surface area contributed by atoms with Gasteiger partial charge in [-0.15, -0.1) is 0 Å². The number of urea groups is 1. The summed E-state index contributed by atoms with van der Waals surface area (Å²) >= 11 is 0. The van der Waals surface area contributed by atoms with Gasteiger partial charge in [0.05, 0.1) is 0 Å². The van der Waals surface area contributed by atoms with Crippen LogP contribution in [0.3, 0.4) is 0 Å². The normalized spacial score (nSPS) is 19.9. The number of hydrogen-bond donors (Lipinski definition) is 1. The smallest absolute Gasteiger partial charge is 0.325 e. The first-order chi connectivity index (χ1) is 14.8. The molecule has 1 fully saturated rings. The Balaban J connectivity index is 1.46. The SMILES string of the molecule is CN(Cc1ccc(N(C)C)cc1)C(=O)CN1C(=O)N[C@]2(CCCc3ccccc32)C1=O. The van der Waals surface area contributed by atoms with Gasteiger partial charge in [0.15, 0.2) is 0 Å².